The zero-order valence-corrected chi connectivity index (χ0v) is 18.9. The Hall–Kier alpha value is -2.45. The number of amides is 1. The number of hydrogen-bond donors (Lipinski definition) is 1. The van der Waals surface area contributed by atoms with Gasteiger partial charge in [0.05, 0.1) is 45.2 Å². The summed E-state index contributed by atoms with van der Waals surface area (Å²) in [5.41, 5.74) is 0.610. The number of fused-ring (bicyclic) bond motifs is 1. The molecule has 0 aliphatic rings. The van der Waals surface area contributed by atoms with E-state index >= 15 is 0 Å². The quantitative estimate of drug-likeness (QED) is 0.274. The maximum atomic E-state index is 13.1. The van der Waals surface area contributed by atoms with Gasteiger partial charge >= 0.3 is 0 Å². The van der Waals surface area contributed by atoms with Gasteiger partial charge in [-0.1, -0.05) is 52.6 Å². The summed E-state index contributed by atoms with van der Waals surface area (Å²) < 4.78 is 6.85. The van der Waals surface area contributed by atoms with Crippen LogP contribution in [0.25, 0.3) is 10.9 Å². The summed E-state index contributed by atoms with van der Waals surface area (Å²) in [6.07, 6.45) is 1.53. The number of carbonyl (C=O) groups is 1. The van der Waals surface area contributed by atoms with Gasteiger partial charge in [-0.2, -0.15) is 0 Å². The predicted molar refractivity (Wildman–Crippen MR) is 125 cm³/mol. The third-order valence-electron chi connectivity index (χ3n) is 4.33. The van der Waals surface area contributed by atoms with Crippen LogP contribution < -0.4 is 10.9 Å². The van der Waals surface area contributed by atoms with Gasteiger partial charge in [-0.05, 0) is 42.5 Å². The molecule has 0 spiro atoms. The van der Waals surface area contributed by atoms with Crippen LogP contribution in [0.3, 0.4) is 0 Å². The molecule has 0 aliphatic carbocycles. The van der Waals surface area contributed by atoms with Gasteiger partial charge in [0.25, 0.3) is 5.56 Å². The van der Waals surface area contributed by atoms with Crippen LogP contribution in [0.2, 0.25) is 15.1 Å². The normalized spacial score (nSPS) is 11.1. The van der Waals surface area contributed by atoms with Crippen LogP contribution in [0.15, 0.2) is 69.2 Å². The largest absolute Gasteiger partial charge is 0.467 e. The minimum absolute atomic E-state index is 0.000487. The van der Waals surface area contributed by atoms with Crippen molar-refractivity contribution in [1.82, 2.24) is 9.55 Å². The Morgan fingerprint density at radius 3 is 2.74 bits per heavy atom. The molecule has 2 aromatic carbocycles. The van der Waals surface area contributed by atoms with Crippen LogP contribution in [0, 0.1) is 0 Å². The molecule has 1 amide bonds. The number of nitrogens with zero attached hydrogens (tertiary/aromatic N) is 2. The van der Waals surface area contributed by atoms with Crippen LogP contribution >= 0.6 is 46.6 Å². The first kappa shape index (κ1) is 21.8. The van der Waals surface area contributed by atoms with Crippen LogP contribution in [0.4, 0.5) is 5.69 Å². The zero-order chi connectivity index (χ0) is 22.0. The van der Waals surface area contributed by atoms with Gasteiger partial charge in [-0.15, -0.1) is 0 Å². The van der Waals surface area contributed by atoms with E-state index in [2.05, 4.69) is 10.3 Å². The minimum Gasteiger partial charge on any atom is -0.467 e. The molecule has 6 nitrogen and oxygen atoms in total. The van der Waals surface area contributed by atoms with Crippen molar-refractivity contribution in [3.63, 3.8) is 0 Å². The molecule has 4 aromatic rings. The van der Waals surface area contributed by atoms with Gasteiger partial charge in [0.1, 0.15) is 5.76 Å². The molecule has 0 unspecified atom stereocenters. The molecule has 0 bridgehead atoms. The molecule has 0 saturated carbocycles. The van der Waals surface area contributed by atoms with Crippen molar-refractivity contribution in [3.8, 4) is 0 Å². The van der Waals surface area contributed by atoms with E-state index in [4.69, 9.17) is 39.2 Å². The number of carbonyl (C=O) groups excluding carboxylic acids is 1. The van der Waals surface area contributed by atoms with Crippen molar-refractivity contribution < 1.29 is 9.21 Å². The van der Waals surface area contributed by atoms with Crippen molar-refractivity contribution >= 4 is 69.1 Å². The van der Waals surface area contributed by atoms with E-state index < -0.39 is 0 Å². The van der Waals surface area contributed by atoms with Crippen LogP contribution in [-0.2, 0) is 11.3 Å². The highest BCUT2D eigenvalue weighted by atomic mass is 35.5. The zero-order valence-electron chi connectivity index (χ0n) is 15.8. The predicted octanol–water partition coefficient (Wildman–Crippen LogP) is 5.73. The first-order valence-corrected chi connectivity index (χ1v) is 11.1. The minimum atomic E-state index is -0.320. The van der Waals surface area contributed by atoms with E-state index in [-0.39, 0.29) is 28.8 Å². The maximum Gasteiger partial charge on any atom is 0.262 e. The Labute approximate surface area is 196 Å². The van der Waals surface area contributed by atoms with E-state index in [0.29, 0.717) is 37.6 Å². The Balaban J connectivity index is 1.63. The van der Waals surface area contributed by atoms with Gasteiger partial charge in [0, 0.05) is 5.02 Å². The molecule has 0 aliphatic heterocycles. The van der Waals surface area contributed by atoms with Crippen LogP contribution in [-0.4, -0.2) is 21.2 Å². The summed E-state index contributed by atoms with van der Waals surface area (Å²) in [7, 11) is 0. The number of nitrogens with one attached hydrogen (secondary N) is 1. The lowest BCUT2D eigenvalue weighted by atomic mass is 10.2. The van der Waals surface area contributed by atoms with E-state index in [0.717, 1.165) is 11.8 Å². The third kappa shape index (κ3) is 4.91. The number of thioether (sulfide) groups is 1. The molecule has 0 saturated heterocycles. The van der Waals surface area contributed by atoms with E-state index in [1.54, 1.807) is 48.5 Å². The number of anilines is 1. The van der Waals surface area contributed by atoms with E-state index in [1.165, 1.54) is 10.8 Å². The molecule has 2 heterocycles. The maximum absolute atomic E-state index is 13.1. The summed E-state index contributed by atoms with van der Waals surface area (Å²) in [6, 6.07) is 13.4. The number of hydrogen-bond acceptors (Lipinski definition) is 5. The van der Waals surface area contributed by atoms with Crippen LogP contribution in [0.5, 0.6) is 0 Å². The Kier molecular flexibility index (Phi) is 6.57. The van der Waals surface area contributed by atoms with Crippen molar-refractivity contribution in [3.05, 3.63) is 86.0 Å². The number of furan rings is 1. The average Bonchev–Trinajstić information content (AvgIpc) is 3.25. The number of aromatic nitrogens is 2. The summed E-state index contributed by atoms with van der Waals surface area (Å²) >= 11 is 19.3. The highest BCUT2D eigenvalue weighted by Crippen LogP contribution is 2.30. The lowest BCUT2D eigenvalue weighted by Gasteiger charge is -2.13. The van der Waals surface area contributed by atoms with Crippen molar-refractivity contribution in [1.29, 1.82) is 0 Å². The smallest absolute Gasteiger partial charge is 0.262 e. The van der Waals surface area contributed by atoms with Gasteiger partial charge in [-0.25, -0.2) is 4.98 Å². The van der Waals surface area contributed by atoms with Gasteiger partial charge < -0.3 is 9.73 Å². The standard InChI is InChI=1S/C21H14Cl3N3O3S/c22-12-6-7-14-17(9-12)26-21(27(20(14)29)10-13-3-2-8-30-13)31-11-18(28)25-16-5-1-4-15(23)19(16)24/h1-9H,10-11H2,(H,25,28). The number of halogens is 3. The summed E-state index contributed by atoms with van der Waals surface area (Å²) in [6.45, 7) is 0.182. The monoisotopic (exact) mass is 493 g/mol. The molecule has 4 rings (SSSR count). The van der Waals surface area contributed by atoms with Crippen LogP contribution in [0.1, 0.15) is 5.76 Å². The second-order valence-electron chi connectivity index (χ2n) is 6.46. The fourth-order valence-electron chi connectivity index (χ4n) is 2.90. The molecule has 0 radical (unpaired) electrons. The number of rotatable bonds is 6. The molecular formula is C21H14Cl3N3O3S. The SMILES string of the molecule is O=C(CSc1nc2cc(Cl)ccc2c(=O)n1Cc1ccco1)Nc1cccc(Cl)c1Cl. The lowest BCUT2D eigenvalue weighted by Crippen LogP contribution is -2.24. The summed E-state index contributed by atoms with van der Waals surface area (Å²) in [5, 5.41) is 4.57. The molecule has 158 valence electrons. The molecule has 10 heteroatoms. The highest BCUT2D eigenvalue weighted by Gasteiger charge is 2.16. The molecule has 1 N–H and O–H groups in total. The highest BCUT2D eigenvalue weighted by molar-refractivity contribution is 7.99. The summed E-state index contributed by atoms with van der Waals surface area (Å²) in [5.74, 6) is 0.271. The van der Waals surface area contributed by atoms with Crippen molar-refractivity contribution in [2.24, 2.45) is 0 Å². The van der Waals surface area contributed by atoms with E-state index in [9.17, 15) is 9.59 Å². The van der Waals surface area contributed by atoms with E-state index in [1.807, 2.05) is 0 Å². The van der Waals surface area contributed by atoms with Gasteiger partial charge in [-0.3, -0.25) is 14.2 Å². The molecule has 31 heavy (non-hydrogen) atoms. The van der Waals surface area contributed by atoms with Crippen molar-refractivity contribution in [2.45, 2.75) is 11.7 Å². The second kappa shape index (κ2) is 9.36. The lowest BCUT2D eigenvalue weighted by molar-refractivity contribution is -0.113. The fourth-order valence-corrected chi connectivity index (χ4v) is 4.21. The molecular weight excluding hydrogens is 481 g/mol. The molecule has 0 atom stereocenters. The fraction of sp³-hybridized carbons (Fsp3) is 0.0952. The molecule has 0 fully saturated rings. The molecule has 2 aromatic heterocycles. The number of benzene rings is 2. The van der Waals surface area contributed by atoms with Crippen molar-refractivity contribution in [2.75, 3.05) is 11.1 Å². The topological polar surface area (TPSA) is 77.1 Å². The Bertz CT molecular complexity index is 1320. The third-order valence-corrected chi connectivity index (χ3v) is 6.36. The Morgan fingerprint density at radius 1 is 1.13 bits per heavy atom. The second-order valence-corrected chi connectivity index (χ2v) is 8.63. The average molecular weight is 495 g/mol. The van der Waals surface area contributed by atoms with Gasteiger partial charge in [0.15, 0.2) is 5.16 Å². The Morgan fingerprint density at radius 2 is 1.97 bits per heavy atom. The van der Waals surface area contributed by atoms with Gasteiger partial charge in [0.2, 0.25) is 5.91 Å². The first-order chi connectivity index (χ1) is 14.9. The first-order valence-electron chi connectivity index (χ1n) is 9.01. The summed E-state index contributed by atoms with van der Waals surface area (Å²) in [4.78, 5) is 30.1.